The highest BCUT2D eigenvalue weighted by Crippen LogP contribution is 2.48. The second kappa shape index (κ2) is 31.0. The summed E-state index contributed by atoms with van der Waals surface area (Å²) < 4.78 is 19.2. The molecule has 120 heavy (non-hydrogen) atoms. The Kier molecular flexibility index (Phi) is 19.2. The van der Waals surface area contributed by atoms with Crippen LogP contribution >= 0.6 is 38.6 Å². The van der Waals surface area contributed by atoms with E-state index in [0.717, 1.165) is 9.94 Å². The Morgan fingerprint density at radius 1 is 0.192 bits per heavy atom. The van der Waals surface area contributed by atoms with E-state index in [1.54, 1.807) is 0 Å². The summed E-state index contributed by atoms with van der Waals surface area (Å²) in [6.07, 6.45) is 0. The van der Waals surface area contributed by atoms with Gasteiger partial charge in [-0.15, -0.1) is 22.7 Å². The van der Waals surface area contributed by atoms with Crippen LogP contribution in [-0.2, 0) is 9.31 Å². The van der Waals surface area contributed by atoms with E-state index >= 15 is 0 Å². The van der Waals surface area contributed by atoms with Crippen LogP contribution in [0.4, 0.5) is 0 Å². The minimum Gasteiger partial charge on any atom is -0.399 e. The maximum absolute atomic E-state index is 6.45. The summed E-state index contributed by atoms with van der Waals surface area (Å²) in [4.78, 5) is 0. The average Bonchev–Trinajstić information content (AvgIpc) is 1.53. The molecule has 6 heteroatoms. The van der Waals surface area contributed by atoms with Crippen molar-refractivity contribution in [2.24, 2.45) is 0 Å². The second-order valence-electron chi connectivity index (χ2n) is 32.4. The normalized spacial score (nSPS) is 13.1. The topological polar surface area (TPSA) is 18.5 Å². The van der Waals surface area contributed by atoms with Crippen molar-refractivity contribution in [2.45, 2.75) is 38.9 Å². The Morgan fingerprint density at radius 3 is 0.792 bits per heavy atom. The highest BCUT2D eigenvalue weighted by atomic mass is 79.9. The van der Waals surface area contributed by atoms with Gasteiger partial charge in [-0.3, -0.25) is 0 Å². The van der Waals surface area contributed by atoms with E-state index in [1.165, 1.54) is 205 Å². The molecular formula is C114H80BBrO2S2. The van der Waals surface area contributed by atoms with Crippen LogP contribution in [0.1, 0.15) is 27.7 Å². The molecule has 20 aromatic carbocycles. The number of hydrogen-bond acceptors (Lipinski definition) is 4. The third-order valence-electron chi connectivity index (χ3n) is 24.7. The molecule has 1 aliphatic rings. The second-order valence-corrected chi connectivity index (χ2v) is 35.4. The number of benzene rings is 20. The molecule has 0 amide bonds. The van der Waals surface area contributed by atoms with Crippen molar-refractivity contribution in [1.82, 2.24) is 0 Å². The first-order valence-corrected chi connectivity index (χ1v) is 43.6. The molecule has 22 aromatic rings. The van der Waals surface area contributed by atoms with Gasteiger partial charge in [-0.05, 0) is 240 Å². The predicted octanol–water partition coefficient (Wildman–Crippen LogP) is 32.8. The average molecular weight is 1640 g/mol. The molecule has 1 saturated heterocycles. The molecule has 2 aromatic heterocycles. The van der Waals surface area contributed by atoms with Crippen LogP contribution in [0, 0.1) is 0 Å². The summed E-state index contributed by atoms with van der Waals surface area (Å²) in [5, 5.41) is 20.8. The van der Waals surface area contributed by atoms with Crippen LogP contribution in [0.5, 0.6) is 0 Å². The number of thiophene rings is 2. The van der Waals surface area contributed by atoms with E-state index in [9.17, 15) is 0 Å². The fourth-order valence-electron chi connectivity index (χ4n) is 17.9. The van der Waals surface area contributed by atoms with Crippen molar-refractivity contribution in [3.05, 3.63) is 417 Å². The highest BCUT2D eigenvalue weighted by molar-refractivity contribution is 9.10. The van der Waals surface area contributed by atoms with E-state index in [2.05, 4.69) is 456 Å². The zero-order valence-corrected chi connectivity index (χ0v) is 70.1. The zero-order valence-electron chi connectivity index (χ0n) is 66.8. The summed E-state index contributed by atoms with van der Waals surface area (Å²) in [6.45, 7) is 8.44. The maximum Gasteiger partial charge on any atom is 0.496 e. The third kappa shape index (κ3) is 13.7. The molecule has 0 atom stereocenters. The molecule has 0 unspecified atom stereocenters. The quantitative estimate of drug-likeness (QED) is 0.100. The van der Waals surface area contributed by atoms with Crippen LogP contribution in [0.25, 0.3) is 205 Å². The summed E-state index contributed by atoms with van der Waals surface area (Å²) >= 11 is 7.33. The van der Waals surface area contributed by atoms with Crippen molar-refractivity contribution in [1.29, 1.82) is 0 Å². The largest absolute Gasteiger partial charge is 0.496 e. The number of hydrogen-bond donors (Lipinski definition) is 0. The minimum absolute atomic E-state index is 0.374. The van der Waals surface area contributed by atoms with Gasteiger partial charge >= 0.3 is 7.12 Å². The lowest BCUT2D eigenvalue weighted by atomic mass is 9.78. The van der Waals surface area contributed by atoms with Crippen molar-refractivity contribution < 1.29 is 9.31 Å². The fourth-order valence-corrected chi connectivity index (χ4v) is 21.0. The molecule has 2 nitrogen and oxygen atoms in total. The first kappa shape index (κ1) is 74.4. The van der Waals surface area contributed by atoms with Gasteiger partial charge in [0.15, 0.2) is 0 Å². The highest BCUT2D eigenvalue weighted by Gasteiger charge is 2.52. The number of halogens is 1. The maximum atomic E-state index is 6.45. The molecule has 0 saturated carbocycles. The van der Waals surface area contributed by atoms with E-state index in [1.807, 2.05) is 22.7 Å². The van der Waals surface area contributed by atoms with E-state index in [4.69, 9.17) is 9.31 Å². The van der Waals surface area contributed by atoms with E-state index in [-0.39, 0.29) is 18.3 Å². The van der Waals surface area contributed by atoms with Gasteiger partial charge in [0.2, 0.25) is 0 Å². The SMILES string of the molecule is Brc1cccc(-c2ccc3c4ccccc4c4ccccc4c3c2)c1.CC1(C)OB(c2cccc3c2sc2c(-c4cccc(-c5ccc(-c6ccccc6)cc5)c4)cccc23)OC1(C)C.c1ccc(-c2ccc(-c3cccc(-c4cccc5c4sc4c(-c6cccc(-c7ccc8c9ccccc9c9ccccc9c8c7)c6)cccc45)c3)cc2)cc1. The van der Waals surface area contributed by atoms with E-state index in [0.29, 0.717) is 0 Å². The summed E-state index contributed by atoms with van der Waals surface area (Å²) in [5.41, 5.74) is 22.6. The molecule has 1 fully saturated rings. The standard InChI is InChI=1S/C54H34S.C36H31BO2S.C24H15Br/c1-2-12-35(13-3-1)36-26-28-37(29-27-36)38-14-8-16-41(32-38)43-22-10-24-50-51-25-11-23-44(54(51)55-53(43)50)42-17-9-15-39(33-42)40-30-31-49-47-20-5-4-18-45(47)46-19-6-7-21-48(46)52(49)34-40;1-35(2)36(3,4)39-37(38-35)32-18-10-17-31-30-16-9-15-29(33(30)40-34(31)32)28-14-8-13-27(23-28)26-21-19-25(20-22-26)24-11-6-5-7-12-24;25-18-7-5-6-16(14-18)17-12-13-23-21-10-2-1-8-19(21)20-9-3-4-11-22(20)24(23)15-17/h1-34H;5-23H,1-4H3;1-15H. The van der Waals surface area contributed by atoms with Crippen molar-refractivity contribution in [2.75, 3.05) is 0 Å². The van der Waals surface area contributed by atoms with E-state index < -0.39 is 0 Å². The Bertz CT molecular complexity index is 7650. The zero-order chi connectivity index (χ0) is 80.6. The third-order valence-corrected chi connectivity index (χ3v) is 27.8. The number of rotatable bonds is 10. The van der Waals surface area contributed by atoms with Gasteiger partial charge in [-0.1, -0.05) is 386 Å². The molecule has 0 spiro atoms. The first-order chi connectivity index (χ1) is 58.9. The van der Waals surface area contributed by atoms with Crippen LogP contribution in [0.15, 0.2) is 417 Å². The van der Waals surface area contributed by atoms with Gasteiger partial charge < -0.3 is 9.31 Å². The van der Waals surface area contributed by atoms with Gasteiger partial charge in [0.25, 0.3) is 0 Å². The molecule has 23 rings (SSSR count). The molecule has 0 bridgehead atoms. The smallest absolute Gasteiger partial charge is 0.399 e. The lowest BCUT2D eigenvalue weighted by Crippen LogP contribution is -2.41. The summed E-state index contributed by atoms with van der Waals surface area (Å²) in [7, 11) is -0.382. The van der Waals surface area contributed by atoms with Gasteiger partial charge in [0.1, 0.15) is 0 Å². The lowest BCUT2D eigenvalue weighted by molar-refractivity contribution is 0.00578. The van der Waals surface area contributed by atoms with Gasteiger partial charge in [0.05, 0.1) is 11.2 Å². The minimum atomic E-state index is -0.382. The van der Waals surface area contributed by atoms with Crippen LogP contribution in [-0.4, -0.2) is 18.3 Å². The lowest BCUT2D eigenvalue weighted by Gasteiger charge is -2.32. The molecule has 0 aliphatic carbocycles. The molecule has 3 heterocycles. The Hall–Kier alpha value is -13.1. The number of fused-ring (bicyclic) bond motifs is 18. The van der Waals surface area contributed by atoms with Crippen molar-refractivity contribution in [3.63, 3.8) is 0 Å². The van der Waals surface area contributed by atoms with Gasteiger partial charge in [0, 0.05) is 44.9 Å². The van der Waals surface area contributed by atoms with Crippen molar-refractivity contribution >= 4 is 156 Å². The van der Waals surface area contributed by atoms with Crippen LogP contribution in [0.2, 0.25) is 0 Å². The molecule has 0 N–H and O–H groups in total. The van der Waals surface area contributed by atoms with Crippen LogP contribution < -0.4 is 5.46 Å². The van der Waals surface area contributed by atoms with Gasteiger partial charge in [-0.25, -0.2) is 0 Å². The Labute approximate surface area is 715 Å². The first-order valence-electron chi connectivity index (χ1n) is 41.2. The molecular weight excluding hydrogens is 1560 g/mol. The van der Waals surface area contributed by atoms with Crippen molar-refractivity contribution in [3.8, 4) is 100 Å². The van der Waals surface area contributed by atoms with Crippen LogP contribution in [0.3, 0.4) is 0 Å². The monoisotopic (exact) mass is 1630 g/mol. The van der Waals surface area contributed by atoms with Gasteiger partial charge in [-0.2, -0.15) is 0 Å². The fraction of sp³-hybridized carbons (Fsp3) is 0.0526. The molecule has 0 radical (unpaired) electrons. The molecule has 1 aliphatic heterocycles. The Balaban J connectivity index is 0.000000120. The molecule has 570 valence electrons. The summed E-state index contributed by atoms with van der Waals surface area (Å²) in [6, 6.07) is 150. The summed E-state index contributed by atoms with van der Waals surface area (Å²) in [5.74, 6) is 0. The Morgan fingerprint density at radius 2 is 0.425 bits per heavy atom. The predicted molar refractivity (Wildman–Crippen MR) is 522 cm³/mol.